The summed E-state index contributed by atoms with van der Waals surface area (Å²) in [5.74, 6) is 0.286. The molecule has 124 valence electrons. The second-order valence-electron chi connectivity index (χ2n) is 5.79. The van der Waals surface area contributed by atoms with Crippen LogP contribution >= 0.6 is 11.6 Å². The van der Waals surface area contributed by atoms with Crippen molar-refractivity contribution in [3.63, 3.8) is 0 Å². The lowest BCUT2D eigenvalue weighted by Crippen LogP contribution is -2.49. The van der Waals surface area contributed by atoms with Crippen molar-refractivity contribution in [3.8, 4) is 0 Å². The molecule has 0 atom stereocenters. The summed E-state index contributed by atoms with van der Waals surface area (Å²) in [4.78, 5) is 2.33. The Bertz CT molecular complexity index is 552. The molecule has 0 saturated carbocycles. The first-order chi connectivity index (χ1) is 10.5. The van der Waals surface area contributed by atoms with Crippen LogP contribution in [0, 0.1) is 0 Å². The third kappa shape index (κ3) is 5.23. The average Bonchev–Trinajstić information content (AvgIpc) is 2.53. The number of hydrogen-bond acceptors (Lipinski definition) is 3. The van der Waals surface area contributed by atoms with E-state index >= 15 is 0 Å². The summed E-state index contributed by atoms with van der Waals surface area (Å²) in [6, 6.07) is 7.92. The Kier molecular flexibility index (Phi) is 6.68. The summed E-state index contributed by atoms with van der Waals surface area (Å²) < 4.78 is 26.0. The Morgan fingerprint density at radius 3 is 2.32 bits per heavy atom. The van der Waals surface area contributed by atoms with Crippen LogP contribution in [0.1, 0.15) is 25.3 Å². The van der Waals surface area contributed by atoms with Crippen LogP contribution < -0.4 is 0 Å². The van der Waals surface area contributed by atoms with Gasteiger partial charge in [-0.1, -0.05) is 37.1 Å². The normalized spacial score (nSPS) is 17.7. The van der Waals surface area contributed by atoms with Crippen LogP contribution in [0.25, 0.3) is 0 Å². The molecule has 0 bridgehead atoms. The van der Waals surface area contributed by atoms with Gasteiger partial charge in [0, 0.05) is 37.7 Å². The van der Waals surface area contributed by atoms with Gasteiger partial charge in [-0.3, -0.25) is 0 Å². The highest BCUT2D eigenvalue weighted by atomic mass is 35.5. The number of benzene rings is 1. The number of halogens is 1. The van der Waals surface area contributed by atoms with Crippen LogP contribution in [0.4, 0.5) is 0 Å². The summed E-state index contributed by atoms with van der Waals surface area (Å²) >= 11 is 5.88. The fourth-order valence-electron chi connectivity index (χ4n) is 2.63. The standard InChI is InChI=1S/C16H25ClN2O2S/c1-2-3-14-22(20,21)19-12-10-18(11-13-19)9-8-15-4-6-16(17)7-5-15/h4-7H,2-3,8-14H2,1H3. The molecule has 0 aliphatic carbocycles. The molecule has 1 aliphatic heterocycles. The lowest BCUT2D eigenvalue weighted by molar-refractivity contribution is 0.190. The quantitative estimate of drug-likeness (QED) is 0.763. The van der Waals surface area contributed by atoms with Crippen LogP contribution in [-0.2, 0) is 16.4 Å². The van der Waals surface area contributed by atoms with Gasteiger partial charge in [0.2, 0.25) is 10.0 Å². The SMILES string of the molecule is CCCCS(=O)(=O)N1CCN(CCc2ccc(Cl)cc2)CC1. The molecule has 2 rings (SSSR count). The van der Waals surface area contributed by atoms with Crippen molar-refractivity contribution < 1.29 is 8.42 Å². The maximum absolute atomic E-state index is 12.2. The second kappa shape index (κ2) is 8.29. The molecule has 6 heteroatoms. The monoisotopic (exact) mass is 344 g/mol. The van der Waals surface area contributed by atoms with Crippen molar-refractivity contribution in [2.75, 3.05) is 38.5 Å². The third-order valence-electron chi connectivity index (χ3n) is 4.11. The summed E-state index contributed by atoms with van der Waals surface area (Å²) in [6.07, 6.45) is 2.64. The average molecular weight is 345 g/mol. The first-order valence-corrected chi connectivity index (χ1v) is 9.94. The fraction of sp³-hybridized carbons (Fsp3) is 0.625. The summed E-state index contributed by atoms with van der Waals surface area (Å²) in [5.41, 5.74) is 1.27. The van der Waals surface area contributed by atoms with Gasteiger partial charge in [-0.25, -0.2) is 8.42 Å². The number of sulfonamides is 1. The van der Waals surface area contributed by atoms with E-state index in [2.05, 4.69) is 4.90 Å². The molecule has 0 N–H and O–H groups in total. The minimum absolute atomic E-state index is 0.286. The molecule has 0 radical (unpaired) electrons. The molecule has 1 saturated heterocycles. The lowest BCUT2D eigenvalue weighted by Gasteiger charge is -2.34. The van der Waals surface area contributed by atoms with Gasteiger partial charge in [-0.15, -0.1) is 0 Å². The van der Waals surface area contributed by atoms with Crippen LogP contribution in [0.15, 0.2) is 24.3 Å². The highest BCUT2D eigenvalue weighted by Crippen LogP contribution is 2.13. The van der Waals surface area contributed by atoms with Crippen molar-refractivity contribution in [1.82, 2.24) is 9.21 Å². The maximum Gasteiger partial charge on any atom is 0.214 e. The third-order valence-corrected chi connectivity index (χ3v) is 6.32. The Labute approximate surface area is 139 Å². The first kappa shape index (κ1) is 17.7. The van der Waals surface area contributed by atoms with E-state index in [9.17, 15) is 8.42 Å². The topological polar surface area (TPSA) is 40.6 Å². The van der Waals surface area contributed by atoms with Gasteiger partial charge < -0.3 is 4.90 Å². The predicted molar refractivity (Wildman–Crippen MR) is 91.9 cm³/mol. The van der Waals surface area contributed by atoms with E-state index in [4.69, 9.17) is 11.6 Å². The van der Waals surface area contributed by atoms with Crippen molar-refractivity contribution in [2.24, 2.45) is 0 Å². The van der Waals surface area contributed by atoms with Crippen LogP contribution in [0.2, 0.25) is 5.02 Å². The largest absolute Gasteiger partial charge is 0.300 e. The van der Waals surface area contributed by atoms with Gasteiger partial charge >= 0.3 is 0 Å². The Morgan fingerprint density at radius 1 is 1.09 bits per heavy atom. The van der Waals surface area contributed by atoms with Crippen LogP contribution in [-0.4, -0.2) is 56.1 Å². The minimum Gasteiger partial charge on any atom is -0.300 e. The Hall–Kier alpha value is -0.620. The van der Waals surface area contributed by atoms with Crippen LogP contribution in [0.5, 0.6) is 0 Å². The molecule has 0 spiro atoms. The van der Waals surface area contributed by atoms with Gasteiger partial charge in [-0.05, 0) is 30.5 Å². The lowest BCUT2D eigenvalue weighted by atomic mass is 10.1. The molecule has 1 aromatic carbocycles. The maximum atomic E-state index is 12.2. The van der Waals surface area contributed by atoms with Gasteiger partial charge in [0.05, 0.1) is 5.75 Å². The number of rotatable bonds is 7. The predicted octanol–water partition coefficient (Wildman–Crippen LogP) is 2.63. The molecule has 1 aromatic rings. The highest BCUT2D eigenvalue weighted by Gasteiger charge is 2.25. The molecule has 0 amide bonds. The van der Waals surface area contributed by atoms with Gasteiger partial charge in [0.1, 0.15) is 0 Å². The van der Waals surface area contributed by atoms with E-state index in [1.807, 2.05) is 31.2 Å². The molecule has 0 unspecified atom stereocenters. The zero-order valence-electron chi connectivity index (χ0n) is 13.2. The van der Waals surface area contributed by atoms with Gasteiger partial charge in [0.25, 0.3) is 0 Å². The number of piperazine rings is 1. The zero-order valence-corrected chi connectivity index (χ0v) is 14.7. The van der Waals surface area contributed by atoms with Gasteiger partial charge in [-0.2, -0.15) is 4.31 Å². The Balaban J connectivity index is 1.76. The molecule has 22 heavy (non-hydrogen) atoms. The van der Waals surface area contributed by atoms with Crippen molar-refractivity contribution in [3.05, 3.63) is 34.9 Å². The Morgan fingerprint density at radius 2 is 1.73 bits per heavy atom. The molecule has 1 aliphatic rings. The van der Waals surface area contributed by atoms with Crippen molar-refractivity contribution in [1.29, 1.82) is 0 Å². The summed E-state index contributed by atoms with van der Waals surface area (Å²) in [5, 5.41) is 0.759. The molecular weight excluding hydrogens is 320 g/mol. The van der Waals surface area contributed by atoms with E-state index in [0.29, 0.717) is 13.1 Å². The molecular formula is C16H25ClN2O2S. The second-order valence-corrected chi connectivity index (χ2v) is 8.31. The number of unbranched alkanes of at least 4 members (excludes halogenated alkanes) is 1. The number of hydrogen-bond donors (Lipinski definition) is 0. The zero-order chi connectivity index (χ0) is 16.0. The van der Waals surface area contributed by atoms with E-state index in [1.54, 1.807) is 4.31 Å². The molecule has 0 aromatic heterocycles. The molecule has 4 nitrogen and oxygen atoms in total. The summed E-state index contributed by atoms with van der Waals surface area (Å²) in [6.45, 7) is 5.85. The minimum atomic E-state index is -3.05. The number of nitrogens with zero attached hydrogens (tertiary/aromatic N) is 2. The van der Waals surface area contributed by atoms with E-state index in [0.717, 1.165) is 43.9 Å². The van der Waals surface area contributed by atoms with Crippen molar-refractivity contribution >= 4 is 21.6 Å². The van der Waals surface area contributed by atoms with Crippen molar-refractivity contribution in [2.45, 2.75) is 26.2 Å². The van der Waals surface area contributed by atoms with E-state index < -0.39 is 10.0 Å². The first-order valence-electron chi connectivity index (χ1n) is 7.96. The summed E-state index contributed by atoms with van der Waals surface area (Å²) in [7, 11) is -3.05. The molecule has 1 heterocycles. The fourth-order valence-corrected chi connectivity index (χ4v) is 4.38. The van der Waals surface area contributed by atoms with Gasteiger partial charge in [0.15, 0.2) is 0 Å². The smallest absolute Gasteiger partial charge is 0.214 e. The van der Waals surface area contributed by atoms with Crippen LogP contribution in [0.3, 0.4) is 0 Å². The molecule has 1 fully saturated rings. The van der Waals surface area contributed by atoms with E-state index in [1.165, 1.54) is 5.56 Å². The highest BCUT2D eigenvalue weighted by molar-refractivity contribution is 7.89. The van der Waals surface area contributed by atoms with E-state index in [-0.39, 0.29) is 5.75 Å².